The zero-order valence-electron chi connectivity index (χ0n) is 23.0. The van der Waals surface area contributed by atoms with Crippen molar-refractivity contribution in [2.75, 3.05) is 6.54 Å². The summed E-state index contributed by atoms with van der Waals surface area (Å²) in [5.74, 6) is -3.78. The SMILES string of the molecule is CCC(C)C(NC(=O)C(NC(=O)C(Cc1ccc(O)cc1)NC(=O)C(N)CCCN=C(N)N)C(C)C)C(=O)O. The molecule has 0 heterocycles. The number of benzene rings is 1. The number of carboxylic acid groups (broad SMARTS) is 1. The molecule has 5 atom stereocenters. The van der Waals surface area contributed by atoms with Crippen molar-refractivity contribution in [2.24, 2.45) is 34.0 Å². The van der Waals surface area contributed by atoms with Gasteiger partial charge in [-0.3, -0.25) is 19.4 Å². The molecule has 3 amide bonds. The molecule has 1 rings (SSSR count). The zero-order chi connectivity index (χ0) is 29.7. The number of amides is 3. The average molecular weight is 550 g/mol. The Morgan fingerprint density at radius 3 is 2.03 bits per heavy atom. The number of phenolic OH excluding ortho intramolecular Hbond substituents is 1. The summed E-state index contributed by atoms with van der Waals surface area (Å²) in [5.41, 5.74) is 17.2. The molecular formula is C26H43N7O6. The number of hydrogen-bond donors (Lipinski definition) is 8. The van der Waals surface area contributed by atoms with Gasteiger partial charge in [-0.2, -0.15) is 0 Å². The number of nitrogens with zero attached hydrogens (tertiary/aromatic N) is 1. The highest BCUT2D eigenvalue weighted by Crippen LogP contribution is 2.13. The van der Waals surface area contributed by atoms with E-state index in [-0.39, 0.29) is 36.4 Å². The lowest BCUT2D eigenvalue weighted by molar-refractivity contribution is -0.144. The third-order valence-corrected chi connectivity index (χ3v) is 6.34. The monoisotopic (exact) mass is 549 g/mol. The molecule has 218 valence electrons. The summed E-state index contributed by atoms with van der Waals surface area (Å²) >= 11 is 0. The number of hydrogen-bond acceptors (Lipinski definition) is 7. The Morgan fingerprint density at radius 2 is 1.51 bits per heavy atom. The molecule has 0 saturated heterocycles. The molecule has 5 unspecified atom stereocenters. The van der Waals surface area contributed by atoms with Crippen LogP contribution in [0.25, 0.3) is 0 Å². The van der Waals surface area contributed by atoms with Crippen LogP contribution in [-0.4, -0.2) is 70.6 Å². The molecule has 13 heteroatoms. The van der Waals surface area contributed by atoms with Gasteiger partial charge in [0.15, 0.2) is 5.96 Å². The Hall–Kier alpha value is -3.87. The standard InChI is InChI=1S/C26H43N7O6/c1-5-15(4)21(25(38)39)33-24(37)20(14(2)3)32-23(36)19(13-16-8-10-17(34)11-9-16)31-22(35)18(27)7-6-12-30-26(28)29/h8-11,14-15,18-21,34H,5-7,12-13,27H2,1-4H3,(H,31,35)(H,32,36)(H,33,37)(H,38,39)(H4,28,29,30). The summed E-state index contributed by atoms with van der Waals surface area (Å²) in [7, 11) is 0. The number of carbonyl (C=O) groups is 4. The Labute approximate surface area is 229 Å². The van der Waals surface area contributed by atoms with Crippen LogP contribution in [-0.2, 0) is 25.6 Å². The number of rotatable bonds is 16. The van der Waals surface area contributed by atoms with Gasteiger partial charge in [-0.25, -0.2) is 4.79 Å². The topological polar surface area (TPSA) is 235 Å². The third-order valence-electron chi connectivity index (χ3n) is 6.34. The number of phenols is 1. The fraction of sp³-hybridized carbons (Fsp3) is 0.577. The minimum atomic E-state index is -1.17. The van der Waals surface area contributed by atoms with Gasteiger partial charge in [-0.1, -0.05) is 46.2 Å². The molecule has 0 aromatic heterocycles. The van der Waals surface area contributed by atoms with Crippen LogP contribution in [0.1, 0.15) is 52.5 Å². The number of nitrogens with two attached hydrogens (primary N) is 3. The second-order valence-electron chi connectivity index (χ2n) is 9.93. The van der Waals surface area contributed by atoms with Crippen LogP contribution >= 0.6 is 0 Å². The fourth-order valence-corrected chi connectivity index (χ4v) is 3.72. The van der Waals surface area contributed by atoms with E-state index in [0.717, 1.165) is 0 Å². The highest BCUT2D eigenvalue weighted by molar-refractivity contribution is 5.94. The number of aromatic hydroxyl groups is 1. The van der Waals surface area contributed by atoms with Gasteiger partial charge in [0.05, 0.1) is 6.04 Å². The van der Waals surface area contributed by atoms with Gasteiger partial charge in [0.2, 0.25) is 17.7 Å². The molecule has 0 aliphatic rings. The Balaban J connectivity index is 3.07. The van der Waals surface area contributed by atoms with Crippen molar-refractivity contribution in [1.82, 2.24) is 16.0 Å². The molecule has 0 spiro atoms. The van der Waals surface area contributed by atoms with Gasteiger partial charge in [0.25, 0.3) is 0 Å². The second-order valence-corrected chi connectivity index (χ2v) is 9.93. The first-order valence-corrected chi connectivity index (χ1v) is 13.0. The first-order valence-electron chi connectivity index (χ1n) is 13.0. The lowest BCUT2D eigenvalue weighted by Gasteiger charge is -2.28. The van der Waals surface area contributed by atoms with Crippen molar-refractivity contribution in [3.63, 3.8) is 0 Å². The van der Waals surface area contributed by atoms with Gasteiger partial charge >= 0.3 is 5.97 Å². The fourth-order valence-electron chi connectivity index (χ4n) is 3.72. The number of aliphatic imine (C=N–C) groups is 1. The third kappa shape index (κ3) is 11.6. The Morgan fingerprint density at radius 1 is 0.923 bits per heavy atom. The van der Waals surface area contributed by atoms with Gasteiger partial charge < -0.3 is 43.4 Å². The number of aliphatic carboxylic acids is 1. The van der Waals surface area contributed by atoms with E-state index in [1.54, 1.807) is 32.9 Å². The summed E-state index contributed by atoms with van der Waals surface area (Å²) in [6, 6.07) is 1.89. The van der Waals surface area contributed by atoms with Crippen LogP contribution < -0.4 is 33.2 Å². The van der Waals surface area contributed by atoms with Crippen LogP contribution in [0.5, 0.6) is 5.75 Å². The molecule has 1 aromatic rings. The molecule has 13 nitrogen and oxygen atoms in total. The van der Waals surface area contributed by atoms with Crippen molar-refractivity contribution in [3.05, 3.63) is 29.8 Å². The maximum atomic E-state index is 13.4. The number of guanidine groups is 1. The second kappa shape index (κ2) is 16.2. The van der Waals surface area contributed by atoms with Crippen LogP contribution in [0.4, 0.5) is 0 Å². The summed E-state index contributed by atoms with van der Waals surface area (Å²) in [6.07, 6.45) is 1.29. The first kappa shape index (κ1) is 33.2. The molecule has 0 bridgehead atoms. The van der Waals surface area contributed by atoms with Crippen molar-refractivity contribution in [1.29, 1.82) is 0 Å². The quantitative estimate of drug-likeness (QED) is 0.0756. The highest BCUT2D eigenvalue weighted by atomic mass is 16.4. The molecular weight excluding hydrogens is 506 g/mol. The van der Waals surface area contributed by atoms with Gasteiger partial charge in [-0.15, -0.1) is 0 Å². The van der Waals surface area contributed by atoms with Gasteiger partial charge in [0.1, 0.15) is 23.9 Å². The minimum absolute atomic E-state index is 0.0393. The van der Waals surface area contributed by atoms with Crippen molar-refractivity contribution < 1.29 is 29.4 Å². The van der Waals surface area contributed by atoms with Crippen LogP contribution in [0.2, 0.25) is 0 Å². The predicted molar refractivity (Wildman–Crippen MR) is 147 cm³/mol. The molecule has 1 aromatic carbocycles. The minimum Gasteiger partial charge on any atom is -0.508 e. The van der Waals surface area contributed by atoms with E-state index < -0.39 is 47.9 Å². The Bertz CT molecular complexity index is 995. The van der Waals surface area contributed by atoms with Crippen molar-refractivity contribution >= 4 is 29.7 Å². The summed E-state index contributed by atoms with van der Waals surface area (Å²) in [6.45, 7) is 7.25. The van der Waals surface area contributed by atoms with Gasteiger partial charge in [0, 0.05) is 13.0 Å². The van der Waals surface area contributed by atoms with Crippen LogP contribution in [0, 0.1) is 11.8 Å². The normalized spacial score (nSPS) is 14.8. The molecule has 0 fully saturated rings. The zero-order valence-corrected chi connectivity index (χ0v) is 23.0. The maximum Gasteiger partial charge on any atom is 0.326 e. The first-order chi connectivity index (χ1) is 18.3. The summed E-state index contributed by atoms with van der Waals surface area (Å²) in [4.78, 5) is 54.8. The van der Waals surface area contributed by atoms with E-state index in [2.05, 4.69) is 20.9 Å². The molecule has 0 aliphatic carbocycles. The highest BCUT2D eigenvalue weighted by Gasteiger charge is 2.33. The van der Waals surface area contributed by atoms with Crippen molar-refractivity contribution in [3.8, 4) is 5.75 Å². The molecule has 11 N–H and O–H groups in total. The van der Waals surface area contributed by atoms with Gasteiger partial charge in [-0.05, 0) is 42.4 Å². The van der Waals surface area contributed by atoms with E-state index in [1.165, 1.54) is 12.1 Å². The Kier molecular flexibility index (Phi) is 13.7. The lowest BCUT2D eigenvalue weighted by Crippen LogP contribution is -2.59. The smallest absolute Gasteiger partial charge is 0.326 e. The number of nitrogens with one attached hydrogen (secondary N) is 3. The molecule has 39 heavy (non-hydrogen) atoms. The number of carboxylic acids is 1. The summed E-state index contributed by atoms with van der Waals surface area (Å²) in [5, 5.41) is 27.0. The van der Waals surface area contributed by atoms with Crippen LogP contribution in [0.15, 0.2) is 29.3 Å². The maximum absolute atomic E-state index is 13.4. The van der Waals surface area contributed by atoms with E-state index in [4.69, 9.17) is 17.2 Å². The van der Waals surface area contributed by atoms with E-state index in [0.29, 0.717) is 24.9 Å². The summed E-state index contributed by atoms with van der Waals surface area (Å²) < 4.78 is 0. The number of carbonyl (C=O) groups excluding carboxylic acids is 3. The largest absolute Gasteiger partial charge is 0.508 e. The van der Waals surface area contributed by atoms with E-state index in [9.17, 15) is 29.4 Å². The van der Waals surface area contributed by atoms with E-state index in [1.807, 2.05) is 6.92 Å². The lowest BCUT2D eigenvalue weighted by atomic mass is 9.97. The average Bonchev–Trinajstić information content (AvgIpc) is 2.87. The van der Waals surface area contributed by atoms with Crippen LogP contribution in [0.3, 0.4) is 0 Å². The van der Waals surface area contributed by atoms with E-state index >= 15 is 0 Å². The van der Waals surface area contributed by atoms with Crippen molar-refractivity contribution in [2.45, 2.75) is 77.5 Å². The molecule has 0 saturated carbocycles. The molecule has 0 aliphatic heterocycles. The molecule has 0 radical (unpaired) electrons. The predicted octanol–water partition coefficient (Wildman–Crippen LogP) is -0.443.